The average molecular weight is 317 g/mol. The lowest BCUT2D eigenvalue weighted by atomic mass is 10.5. The largest absolute Gasteiger partial charge is 0.303 e. The van der Waals surface area contributed by atoms with Crippen molar-refractivity contribution in [3.8, 4) is 0 Å². The van der Waals surface area contributed by atoms with Crippen LogP contribution in [0.25, 0.3) is 0 Å². The normalized spacial score (nSPS) is 12.8. The van der Waals surface area contributed by atoms with Crippen LogP contribution in [0.2, 0.25) is 0 Å². The molecule has 5 heteroatoms. The molecule has 0 N–H and O–H groups in total. The zero-order chi connectivity index (χ0) is 6.78. The summed E-state index contributed by atoms with van der Waals surface area (Å²) < 4.78 is 23.3. The highest BCUT2D eigenvalue weighted by molar-refractivity contribution is 9.24. The summed E-state index contributed by atoms with van der Waals surface area (Å²) in [5.74, 6) is 0. The first-order valence-corrected chi connectivity index (χ1v) is 4.39. The summed E-state index contributed by atoms with van der Waals surface area (Å²) in [4.78, 5) is -2.76. The van der Waals surface area contributed by atoms with Crippen molar-refractivity contribution in [1.82, 2.24) is 0 Å². The van der Waals surface area contributed by atoms with Crippen molar-refractivity contribution >= 4 is 47.8 Å². The Bertz CT molecular complexity index is 67.4. The van der Waals surface area contributed by atoms with Crippen LogP contribution in [-0.2, 0) is 0 Å². The summed E-state index contributed by atoms with van der Waals surface area (Å²) in [6, 6.07) is 0. The Balaban J connectivity index is 3.39. The molecule has 0 aliphatic carbocycles. The highest BCUT2D eigenvalue weighted by atomic mass is 79.9. The minimum Gasteiger partial charge on any atom is -0.194 e. The minimum atomic E-state index is -2.76. The molecule has 0 aromatic rings. The first kappa shape index (κ1) is 9.30. The van der Waals surface area contributed by atoms with Gasteiger partial charge in [0.2, 0.25) is 0 Å². The van der Waals surface area contributed by atoms with Gasteiger partial charge in [-0.05, 0) is 15.9 Å². The van der Waals surface area contributed by atoms with E-state index in [2.05, 4.69) is 47.8 Å². The van der Waals surface area contributed by atoms with E-state index >= 15 is 0 Å². The summed E-state index contributed by atoms with van der Waals surface area (Å²) in [7, 11) is 0. The van der Waals surface area contributed by atoms with Gasteiger partial charge in [0, 0.05) is 6.42 Å². The predicted molar refractivity (Wildman–Crippen MR) is 40.1 cm³/mol. The first-order chi connectivity index (χ1) is 3.42. The molecule has 0 rings (SSSR count). The smallest absolute Gasteiger partial charge is 0.194 e. The lowest BCUT2D eigenvalue weighted by Crippen LogP contribution is -2.07. The van der Waals surface area contributed by atoms with E-state index in [1.165, 1.54) is 0 Å². The fourth-order valence-corrected chi connectivity index (χ4v) is 2.18. The second-order valence-electron chi connectivity index (χ2n) is 1.21. The lowest BCUT2D eigenvalue weighted by Gasteiger charge is -2.06. The maximum Gasteiger partial charge on any atom is 0.303 e. The molecule has 0 bridgehead atoms. The summed E-state index contributed by atoms with van der Waals surface area (Å²) in [6.45, 7) is 0. The van der Waals surface area contributed by atoms with E-state index in [9.17, 15) is 8.78 Å². The van der Waals surface area contributed by atoms with Gasteiger partial charge in [0.25, 0.3) is 0 Å². The molecule has 0 unspecified atom stereocenters. The number of hydrogen-bond donors (Lipinski definition) is 0. The van der Waals surface area contributed by atoms with Crippen LogP contribution in [0.5, 0.6) is 0 Å². The molecule has 0 aliphatic heterocycles. The van der Waals surface area contributed by atoms with Crippen LogP contribution in [0, 0.1) is 0 Å². The van der Waals surface area contributed by atoms with Gasteiger partial charge in [-0.15, -0.1) is 0 Å². The van der Waals surface area contributed by atoms with Gasteiger partial charge < -0.3 is 0 Å². The number of rotatable bonds is 2. The highest BCUT2D eigenvalue weighted by Crippen LogP contribution is 2.31. The molecule has 0 aromatic heterocycles. The standard InChI is InChI=1S/C3H3Br3F2/c4-2(5)1-3(6,7)8/h2H,1H2. The minimum absolute atomic E-state index is 0.257. The molecular weight excluding hydrogens is 314 g/mol. The first-order valence-electron chi connectivity index (χ1n) is 1.77. The molecule has 0 radical (unpaired) electrons. The Morgan fingerprint density at radius 3 is 1.75 bits per heavy atom. The van der Waals surface area contributed by atoms with Crippen molar-refractivity contribution in [3.05, 3.63) is 0 Å². The van der Waals surface area contributed by atoms with E-state index in [-0.39, 0.29) is 10.2 Å². The molecule has 50 valence electrons. The maximum absolute atomic E-state index is 11.8. The summed E-state index contributed by atoms with van der Waals surface area (Å²) in [6.07, 6.45) is -0.257. The van der Waals surface area contributed by atoms with Crippen molar-refractivity contribution in [2.45, 2.75) is 15.0 Å². The zero-order valence-corrected chi connectivity index (χ0v) is 8.43. The number of halogens is 5. The molecule has 0 spiro atoms. The molecule has 0 atom stereocenters. The maximum atomic E-state index is 11.8. The second-order valence-corrected chi connectivity index (χ2v) is 5.81. The van der Waals surface area contributed by atoms with Crippen molar-refractivity contribution in [2.75, 3.05) is 0 Å². The van der Waals surface area contributed by atoms with Crippen LogP contribution >= 0.6 is 47.8 Å². The Labute approximate surface area is 71.4 Å². The van der Waals surface area contributed by atoms with Crippen LogP contribution in [0.4, 0.5) is 8.78 Å². The Morgan fingerprint density at radius 2 is 1.75 bits per heavy atom. The Morgan fingerprint density at radius 1 is 1.38 bits per heavy atom. The molecule has 0 heterocycles. The van der Waals surface area contributed by atoms with Gasteiger partial charge in [0.15, 0.2) is 0 Å². The van der Waals surface area contributed by atoms with E-state index in [4.69, 9.17) is 0 Å². The molecule has 0 fully saturated rings. The average Bonchev–Trinajstić information content (AvgIpc) is 1.21. The molecule has 0 aromatic carbocycles. The van der Waals surface area contributed by atoms with Crippen molar-refractivity contribution in [3.63, 3.8) is 0 Å². The quantitative estimate of drug-likeness (QED) is 0.684. The van der Waals surface area contributed by atoms with Gasteiger partial charge in [-0.1, -0.05) is 31.9 Å². The fourth-order valence-electron chi connectivity index (χ4n) is 0.175. The van der Waals surface area contributed by atoms with E-state index in [1.54, 1.807) is 0 Å². The van der Waals surface area contributed by atoms with Crippen LogP contribution in [0.1, 0.15) is 6.42 Å². The fraction of sp³-hybridized carbons (Fsp3) is 1.00. The lowest BCUT2D eigenvalue weighted by molar-refractivity contribution is 0.110. The Kier molecular flexibility index (Phi) is 4.03. The van der Waals surface area contributed by atoms with Crippen molar-refractivity contribution in [2.24, 2.45) is 0 Å². The predicted octanol–water partition coefficient (Wildman–Crippen LogP) is 3.48. The van der Waals surface area contributed by atoms with Gasteiger partial charge in [0.1, 0.15) is 0 Å². The third kappa shape index (κ3) is 7.30. The summed E-state index contributed by atoms with van der Waals surface area (Å²) in [5.41, 5.74) is 0. The number of alkyl halides is 5. The summed E-state index contributed by atoms with van der Waals surface area (Å²) >= 11 is 8.02. The molecule has 0 aliphatic rings. The monoisotopic (exact) mass is 314 g/mol. The van der Waals surface area contributed by atoms with Crippen molar-refractivity contribution < 1.29 is 8.78 Å². The van der Waals surface area contributed by atoms with Crippen LogP contribution in [0.3, 0.4) is 0 Å². The SMILES string of the molecule is FC(F)(Br)CC(Br)Br. The molecule has 0 saturated carbocycles. The molecule has 0 nitrogen and oxygen atoms in total. The zero-order valence-electron chi connectivity index (χ0n) is 3.67. The van der Waals surface area contributed by atoms with E-state index in [1.807, 2.05) is 0 Å². The van der Waals surface area contributed by atoms with E-state index in [0.29, 0.717) is 0 Å². The van der Waals surface area contributed by atoms with Gasteiger partial charge >= 0.3 is 4.83 Å². The topological polar surface area (TPSA) is 0 Å². The van der Waals surface area contributed by atoms with Gasteiger partial charge in [-0.25, -0.2) is 0 Å². The summed E-state index contributed by atoms with van der Waals surface area (Å²) in [5, 5.41) is 0. The van der Waals surface area contributed by atoms with Gasteiger partial charge in [-0.3, -0.25) is 0 Å². The Hall–Kier alpha value is 1.30. The second kappa shape index (κ2) is 3.46. The third-order valence-electron chi connectivity index (χ3n) is 0.386. The van der Waals surface area contributed by atoms with Gasteiger partial charge in [0.05, 0.1) is 3.74 Å². The van der Waals surface area contributed by atoms with E-state index < -0.39 is 4.83 Å². The van der Waals surface area contributed by atoms with Crippen LogP contribution in [0.15, 0.2) is 0 Å². The van der Waals surface area contributed by atoms with Gasteiger partial charge in [-0.2, -0.15) is 8.78 Å². The molecule has 8 heavy (non-hydrogen) atoms. The number of hydrogen-bond acceptors (Lipinski definition) is 0. The van der Waals surface area contributed by atoms with Crippen LogP contribution in [-0.4, -0.2) is 8.57 Å². The highest BCUT2D eigenvalue weighted by Gasteiger charge is 2.26. The van der Waals surface area contributed by atoms with Crippen molar-refractivity contribution in [1.29, 1.82) is 0 Å². The molecule has 0 saturated heterocycles. The van der Waals surface area contributed by atoms with Crippen LogP contribution < -0.4 is 0 Å². The third-order valence-corrected chi connectivity index (χ3v) is 1.36. The molecular formula is C3H3Br3F2. The molecule has 0 amide bonds. The van der Waals surface area contributed by atoms with E-state index in [0.717, 1.165) is 0 Å².